The summed E-state index contributed by atoms with van der Waals surface area (Å²) in [7, 11) is 1.99. The molecule has 1 N–H and O–H groups in total. The quantitative estimate of drug-likeness (QED) is 0.902. The van der Waals surface area contributed by atoms with Crippen LogP contribution in [0, 0.1) is 12.8 Å². The highest BCUT2D eigenvalue weighted by Gasteiger charge is 2.25. The molecule has 3 rings (SSSR count). The Morgan fingerprint density at radius 3 is 2.56 bits per heavy atom. The number of piperidine rings is 1. The summed E-state index contributed by atoms with van der Waals surface area (Å²) in [5, 5.41) is 9.15. The van der Waals surface area contributed by atoms with Gasteiger partial charge in [0.15, 0.2) is 0 Å². The molecule has 1 aliphatic rings. The fraction of sp³-hybridized carbons (Fsp3) is 0.421. The minimum absolute atomic E-state index is 0.237. The van der Waals surface area contributed by atoms with Crippen LogP contribution >= 0.6 is 0 Å². The van der Waals surface area contributed by atoms with Gasteiger partial charge in [0.25, 0.3) is 0 Å². The zero-order valence-corrected chi connectivity index (χ0v) is 14.7. The fourth-order valence-corrected chi connectivity index (χ4v) is 3.15. The molecule has 1 aromatic carbocycles. The highest BCUT2D eigenvalue weighted by atomic mass is 16.4. The first-order chi connectivity index (χ1) is 12.0. The van der Waals surface area contributed by atoms with E-state index in [0.717, 1.165) is 31.1 Å². The molecule has 1 fully saturated rings. The van der Waals surface area contributed by atoms with Gasteiger partial charge >= 0.3 is 5.97 Å². The van der Waals surface area contributed by atoms with E-state index in [1.54, 1.807) is 0 Å². The predicted octanol–water partition coefficient (Wildman–Crippen LogP) is 2.72. The smallest absolute Gasteiger partial charge is 0.306 e. The van der Waals surface area contributed by atoms with Crippen LogP contribution in [-0.4, -0.2) is 41.2 Å². The monoisotopic (exact) mass is 340 g/mol. The number of carboxylic acid groups (broad SMARTS) is 1. The number of aryl methyl sites for hydroxylation is 1. The van der Waals surface area contributed by atoms with Crippen molar-refractivity contribution in [2.45, 2.75) is 26.3 Å². The minimum Gasteiger partial charge on any atom is -0.481 e. The van der Waals surface area contributed by atoms with E-state index < -0.39 is 5.97 Å². The van der Waals surface area contributed by atoms with Gasteiger partial charge < -0.3 is 14.9 Å². The Kier molecular flexibility index (Phi) is 5.16. The van der Waals surface area contributed by atoms with Crippen LogP contribution in [0.3, 0.4) is 0 Å². The first kappa shape index (κ1) is 17.2. The molecule has 132 valence electrons. The van der Waals surface area contributed by atoms with Crippen molar-refractivity contribution in [2.24, 2.45) is 5.92 Å². The number of hydrogen-bond acceptors (Lipinski definition) is 5. The topological polar surface area (TPSA) is 69.6 Å². The third-order valence-electron chi connectivity index (χ3n) is 4.60. The lowest BCUT2D eigenvalue weighted by atomic mass is 9.97. The molecule has 0 spiro atoms. The molecule has 1 aliphatic heterocycles. The Morgan fingerprint density at radius 2 is 1.92 bits per heavy atom. The number of aliphatic carboxylic acids is 1. The summed E-state index contributed by atoms with van der Waals surface area (Å²) in [5.41, 5.74) is 2.12. The molecule has 0 atom stereocenters. The number of rotatable bonds is 5. The summed E-state index contributed by atoms with van der Waals surface area (Å²) in [5.74, 6) is 0.645. The Hall–Kier alpha value is -2.63. The first-order valence-corrected chi connectivity index (χ1v) is 8.61. The third-order valence-corrected chi connectivity index (χ3v) is 4.60. The molecule has 6 heteroatoms. The summed E-state index contributed by atoms with van der Waals surface area (Å²) < 4.78 is 0. The van der Waals surface area contributed by atoms with E-state index in [9.17, 15) is 4.79 Å². The highest BCUT2D eigenvalue weighted by molar-refractivity contribution is 5.70. The molecule has 2 aromatic rings. The Labute approximate surface area is 148 Å². The van der Waals surface area contributed by atoms with Gasteiger partial charge in [0.2, 0.25) is 5.95 Å². The average Bonchev–Trinajstić information content (AvgIpc) is 2.62. The maximum absolute atomic E-state index is 11.1. The zero-order chi connectivity index (χ0) is 17.8. The van der Waals surface area contributed by atoms with Gasteiger partial charge in [-0.05, 0) is 25.3 Å². The van der Waals surface area contributed by atoms with E-state index >= 15 is 0 Å². The van der Waals surface area contributed by atoms with Crippen LogP contribution in [-0.2, 0) is 11.3 Å². The largest absolute Gasteiger partial charge is 0.481 e. The number of carbonyl (C=O) groups is 1. The summed E-state index contributed by atoms with van der Waals surface area (Å²) >= 11 is 0. The van der Waals surface area contributed by atoms with Gasteiger partial charge in [0, 0.05) is 38.4 Å². The van der Waals surface area contributed by atoms with Crippen molar-refractivity contribution in [3.63, 3.8) is 0 Å². The van der Waals surface area contributed by atoms with E-state index in [2.05, 4.69) is 22.0 Å². The summed E-state index contributed by atoms with van der Waals surface area (Å²) in [6, 6.07) is 12.2. The van der Waals surface area contributed by atoms with Crippen LogP contribution in [0.15, 0.2) is 36.4 Å². The molecule has 2 heterocycles. The molecule has 0 aliphatic carbocycles. The lowest BCUT2D eigenvalue weighted by Gasteiger charge is -2.31. The van der Waals surface area contributed by atoms with Gasteiger partial charge in [0.05, 0.1) is 5.92 Å². The molecular formula is C19H24N4O2. The normalized spacial score (nSPS) is 15.2. The van der Waals surface area contributed by atoms with Crippen LogP contribution in [0.5, 0.6) is 0 Å². The van der Waals surface area contributed by atoms with E-state index in [-0.39, 0.29) is 5.92 Å². The molecule has 1 aromatic heterocycles. The molecule has 0 saturated carbocycles. The minimum atomic E-state index is -0.693. The van der Waals surface area contributed by atoms with Crippen LogP contribution in [0.2, 0.25) is 0 Å². The van der Waals surface area contributed by atoms with Crippen molar-refractivity contribution in [3.05, 3.63) is 47.7 Å². The van der Waals surface area contributed by atoms with Crippen LogP contribution < -0.4 is 9.80 Å². The van der Waals surface area contributed by atoms with Gasteiger partial charge in [-0.2, -0.15) is 4.98 Å². The average molecular weight is 340 g/mol. The van der Waals surface area contributed by atoms with Crippen molar-refractivity contribution in [1.82, 2.24) is 9.97 Å². The van der Waals surface area contributed by atoms with Gasteiger partial charge in [-0.1, -0.05) is 30.3 Å². The van der Waals surface area contributed by atoms with E-state index in [1.165, 1.54) is 5.56 Å². The van der Waals surface area contributed by atoms with Crippen molar-refractivity contribution < 1.29 is 9.90 Å². The van der Waals surface area contributed by atoms with Crippen LogP contribution in [0.1, 0.15) is 24.1 Å². The Bertz CT molecular complexity index is 727. The maximum Gasteiger partial charge on any atom is 0.306 e. The van der Waals surface area contributed by atoms with Crippen molar-refractivity contribution in [1.29, 1.82) is 0 Å². The Balaban J connectivity index is 1.73. The third kappa shape index (κ3) is 4.26. The predicted molar refractivity (Wildman–Crippen MR) is 97.9 cm³/mol. The number of benzene rings is 1. The molecule has 25 heavy (non-hydrogen) atoms. The molecule has 6 nitrogen and oxygen atoms in total. The van der Waals surface area contributed by atoms with Crippen molar-refractivity contribution in [3.8, 4) is 0 Å². The fourth-order valence-electron chi connectivity index (χ4n) is 3.15. The lowest BCUT2D eigenvalue weighted by Crippen LogP contribution is -2.37. The Morgan fingerprint density at radius 1 is 1.24 bits per heavy atom. The standard InChI is InChI=1S/C19H24N4O2/c1-14-12-17(23-10-8-16(9-11-23)18(24)25)21-19(20-14)22(2)13-15-6-4-3-5-7-15/h3-7,12,16H,8-11,13H2,1-2H3,(H,24,25). The summed E-state index contributed by atoms with van der Waals surface area (Å²) in [6.07, 6.45) is 1.32. The van der Waals surface area contributed by atoms with Crippen LogP contribution in [0.25, 0.3) is 0 Å². The molecular weight excluding hydrogens is 316 g/mol. The molecule has 1 saturated heterocycles. The van der Waals surface area contributed by atoms with Crippen LogP contribution in [0.4, 0.5) is 11.8 Å². The number of anilines is 2. The second-order valence-corrected chi connectivity index (χ2v) is 6.61. The number of hydrogen-bond donors (Lipinski definition) is 1. The molecule has 0 amide bonds. The van der Waals surface area contributed by atoms with E-state index in [0.29, 0.717) is 18.8 Å². The van der Waals surface area contributed by atoms with E-state index in [1.807, 2.05) is 43.1 Å². The molecule has 0 unspecified atom stereocenters. The van der Waals surface area contributed by atoms with Gasteiger partial charge in [-0.15, -0.1) is 0 Å². The van der Waals surface area contributed by atoms with E-state index in [4.69, 9.17) is 10.1 Å². The summed E-state index contributed by atoms with van der Waals surface area (Å²) in [6.45, 7) is 4.14. The van der Waals surface area contributed by atoms with Gasteiger partial charge in [-0.3, -0.25) is 4.79 Å². The second-order valence-electron chi connectivity index (χ2n) is 6.61. The van der Waals surface area contributed by atoms with Crippen molar-refractivity contribution in [2.75, 3.05) is 29.9 Å². The SMILES string of the molecule is Cc1cc(N2CCC(C(=O)O)CC2)nc(N(C)Cc2ccccc2)n1. The van der Waals surface area contributed by atoms with Gasteiger partial charge in [-0.25, -0.2) is 4.98 Å². The molecule has 0 bridgehead atoms. The number of carboxylic acids is 1. The highest BCUT2D eigenvalue weighted by Crippen LogP contribution is 2.24. The molecule has 0 radical (unpaired) electrons. The second kappa shape index (κ2) is 7.51. The maximum atomic E-state index is 11.1. The first-order valence-electron chi connectivity index (χ1n) is 8.61. The van der Waals surface area contributed by atoms with Crippen molar-refractivity contribution >= 4 is 17.7 Å². The lowest BCUT2D eigenvalue weighted by molar-refractivity contribution is -0.142. The zero-order valence-electron chi connectivity index (χ0n) is 14.7. The number of aromatic nitrogens is 2. The summed E-state index contributed by atoms with van der Waals surface area (Å²) in [4.78, 5) is 24.6. The number of nitrogens with zero attached hydrogens (tertiary/aromatic N) is 4. The van der Waals surface area contributed by atoms with Gasteiger partial charge in [0.1, 0.15) is 5.82 Å².